The smallest absolute Gasteiger partial charge is 0.336 e. The van der Waals surface area contributed by atoms with Crippen LogP contribution in [0, 0.1) is 0 Å². The van der Waals surface area contributed by atoms with E-state index in [-0.39, 0.29) is 11.8 Å². The molecule has 0 radical (unpaired) electrons. The van der Waals surface area contributed by atoms with E-state index in [2.05, 4.69) is 28.2 Å². The van der Waals surface area contributed by atoms with Crippen LogP contribution in [-0.4, -0.2) is 29.9 Å². The number of ketones is 1. The quantitative estimate of drug-likeness (QED) is 0.503. The van der Waals surface area contributed by atoms with Gasteiger partial charge >= 0.3 is 5.97 Å². The van der Waals surface area contributed by atoms with Gasteiger partial charge in [0.05, 0.1) is 5.57 Å². The predicted molar refractivity (Wildman–Crippen MR) is 113 cm³/mol. The number of carbonyl (C=O) groups is 2. The molecule has 6 heteroatoms. The molecule has 0 bridgehead atoms. The van der Waals surface area contributed by atoms with Crippen LogP contribution in [0.15, 0.2) is 51.3 Å². The minimum atomic E-state index is -0.393. The maximum atomic E-state index is 13.0. The van der Waals surface area contributed by atoms with E-state index in [1.807, 2.05) is 31.2 Å². The second kappa shape index (κ2) is 9.11. The molecule has 0 fully saturated rings. The zero-order chi connectivity index (χ0) is 19.4. The van der Waals surface area contributed by atoms with Crippen LogP contribution >= 0.6 is 27.7 Å². The molecule has 0 saturated heterocycles. The van der Waals surface area contributed by atoms with Gasteiger partial charge in [-0.15, -0.1) is 0 Å². The Labute approximate surface area is 172 Å². The lowest BCUT2D eigenvalue weighted by atomic mass is 9.75. The van der Waals surface area contributed by atoms with Gasteiger partial charge in [-0.1, -0.05) is 41.1 Å². The fourth-order valence-corrected chi connectivity index (χ4v) is 4.69. The fraction of sp³-hybridized carbons (Fsp3) is 0.429. The summed E-state index contributed by atoms with van der Waals surface area (Å²) in [5.74, 6) is 1.14. The van der Waals surface area contributed by atoms with Crippen LogP contribution in [0.5, 0.6) is 0 Å². The van der Waals surface area contributed by atoms with E-state index in [4.69, 9.17) is 4.74 Å². The maximum Gasteiger partial charge on any atom is 0.336 e. The summed E-state index contributed by atoms with van der Waals surface area (Å²) in [5, 5.41) is 3.32. The number of halogens is 1. The van der Waals surface area contributed by atoms with Gasteiger partial charge in [0, 0.05) is 39.5 Å². The SMILES string of the molecule is CCSCCOC(=O)C1=C(C)NC2=C(C(=O)CCC2)[C@@H]1c1ccccc1Br. The van der Waals surface area contributed by atoms with E-state index in [1.165, 1.54) is 0 Å². The Bertz CT molecular complexity index is 815. The Morgan fingerprint density at radius 3 is 2.85 bits per heavy atom. The predicted octanol–water partition coefficient (Wildman–Crippen LogP) is 4.71. The van der Waals surface area contributed by atoms with Gasteiger partial charge in [-0.2, -0.15) is 11.8 Å². The van der Waals surface area contributed by atoms with Crippen LogP contribution in [0.2, 0.25) is 0 Å². The number of esters is 1. The zero-order valence-corrected chi connectivity index (χ0v) is 18.0. The third-order valence-electron chi connectivity index (χ3n) is 4.88. The number of nitrogens with one attached hydrogen (secondary N) is 1. The lowest BCUT2D eigenvalue weighted by Crippen LogP contribution is -2.34. The van der Waals surface area contributed by atoms with Crippen molar-refractivity contribution in [1.82, 2.24) is 5.32 Å². The molecule has 0 spiro atoms. The van der Waals surface area contributed by atoms with Crippen LogP contribution < -0.4 is 5.32 Å². The van der Waals surface area contributed by atoms with Crippen molar-refractivity contribution in [2.75, 3.05) is 18.1 Å². The monoisotopic (exact) mass is 449 g/mol. The molecule has 3 rings (SSSR count). The van der Waals surface area contributed by atoms with Crippen LogP contribution in [0.4, 0.5) is 0 Å². The Kier molecular flexibility index (Phi) is 6.82. The van der Waals surface area contributed by atoms with E-state index in [1.54, 1.807) is 11.8 Å². The molecule has 1 aromatic carbocycles. The van der Waals surface area contributed by atoms with Crippen molar-refractivity contribution < 1.29 is 14.3 Å². The number of hydrogen-bond acceptors (Lipinski definition) is 5. The molecule has 0 unspecified atom stereocenters. The molecule has 2 aliphatic rings. The van der Waals surface area contributed by atoms with Crippen molar-refractivity contribution >= 4 is 39.4 Å². The van der Waals surface area contributed by atoms with E-state index in [0.717, 1.165) is 45.8 Å². The van der Waals surface area contributed by atoms with Gasteiger partial charge < -0.3 is 10.1 Å². The molecule has 1 N–H and O–H groups in total. The summed E-state index contributed by atoms with van der Waals surface area (Å²) in [6.07, 6.45) is 2.19. The number of carbonyl (C=O) groups excluding carboxylic acids is 2. The Morgan fingerprint density at radius 2 is 2.11 bits per heavy atom. The van der Waals surface area contributed by atoms with Crippen molar-refractivity contribution in [3.05, 3.63) is 56.8 Å². The number of benzene rings is 1. The fourth-order valence-electron chi connectivity index (χ4n) is 3.69. The first kappa shape index (κ1) is 20.2. The molecule has 1 aliphatic heterocycles. The summed E-state index contributed by atoms with van der Waals surface area (Å²) in [5.41, 5.74) is 3.90. The minimum absolute atomic E-state index is 0.115. The van der Waals surface area contributed by atoms with E-state index in [9.17, 15) is 9.59 Å². The summed E-state index contributed by atoms with van der Waals surface area (Å²) in [7, 11) is 0. The number of allylic oxidation sites excluding steroid dienone is 3. The van der Waals surface area contributed by atoms with Gasteiger partial charge in [-0.05, 0) is 37.1 Å². The highest BCUT2D eigenvalue weighted by atomic mass is 79.9. The average Bonchev–Trinajstić information content (AvgIpc) is 2.65. The van der Waals surface area contributed by atoms with Crippen LogP contribution in [0.1, 0.15) is 44.6 Å². The second-order valence-electron chi connectivity index (χ2n) is 6.62. The topological polar surface area (TPSA) is 55.4 Å². The molecule has 0 saturated carbocycles. The molecular formula is C21H24BrNO3S. The summed E-state index contributed by atoms with van der Waals surface area (Å²) in [6.45, 7) is 4.34. The summed E-state index contributed by atoms with van der Waals surface area (Å²) in [6, 6.07) is 7.79. The molecule has 144 valence electrons. The minimum Gasteiger partial charge on any atom is -0.461 e. The Balaban J connectivity index is 2.01. The van der Waals surface area contributed by atoms with Crippen molar-refractivity contribution in [2.45, 2.75) is 39.0 Å². The molecule has 1 heterocycles. The van der Waals surface area contributed by atoms with Gasteiger partial charge in [0.1, 0.15) is 6.61 Å². The van der Waals surface area contributed by atoms with Crippen LogP contribution in [0.25, 0.3) is 0 Å². The van der Waals surface area contributed by atoms with Crippen LogP contribution in [0.3, 0.4) is 0 Å². The molecule has 1 atom stereocenters. The highest BCUT2D eigenvalue weighted by Gasteiger charge is 2.39. The number of hydrogen-bond donors (Lipinski definition) is 1. The van der Waals surface area contributed by atoms with E-state index in [0.29, 0.717) is 24.2 Å². The van der Waals surface area contributed by atoms with E-state index < -0.39 is 5.92 Å². The lowest BCUT2D eigenvalue weighted by molar-refractivity contribution is -0.138. The normalized spacial score (nSPS) is 19.7. The molecule has 0 aromatic heterocycles. The van der Waals surface area contributed by atoms with E-state index >= 15 is 0 Å². The summed E-state index contributed by atoms with van der Waals surface area (Å²) >= 11 is 5.34. The summed E-state index contributed by atoms with van der Waals surface area (Å²) in [4.78, 5) is 25.8. The zero-order valence-electron chi connectivity index (χ0n) is 15.6. The molecule has 27 heavy (non-hydrogen) atoms. The molecule has 0 amide bonds. The second-order valence-corrected chi connectivity index (χ2v) is 8.87. The number of rotatable bonds is 6. The largest absolute Gasteiger partial charge is 0.461 e. The highest BCUT2D eigenvalue weighted by Crippen LogP contribution is 2.44. The third kappa shape index (κ3) is 4.32. The average molecular weight is 450 g/mol. The molecule has 1 aromatic rings. The van der Waals surface area contributed by atoms with Crippen molar-refractivity contribution in [3.63, 3.8) is 0 Å². The van der Waals surface area contributed by atoms with Gasteiger partial charge in [0.25, 0.3) is 0 Å². The number of ether oxygens (including phenoxy) is 1. The standard InChI is InChI=1S/C21H24BrNO3S/c1-3-27-12-11-26-21(25)18-13(2)23-16-9-6-10-17(24)20(16)19(18)14-7-4-5-8-15(14)22/h4-5,7-8,19,23H,3,6,9-12H2,1-2H3/t19-/m1/s1. The Hall–Kier alpha value is -1.53. The van der Waals surface area contributed by atoms with Crippen molar-refractivity contribution in [2.24, 2.45) is 0 Å². The van der Waals surface area contributed by atoms with Gasteiger partial charge in [-0.25, -0.2) is 4.79 Å². The molecule has 1 aliphatic carbocycles. The van der Waals surface area contributed by atoms with Gasteiger partial charge in [-0.3, -0.25) is 4.79 Å². The Morgan fingerprint density at radius 1 is 1.33 bits per heavy atom. The first-order valence-corrected chi connectivity index (χ1v) is 11.2. The molecular weight excluding hydrogens is 426 g/mol. The van der Waals surface area contributed by atoms with Gasteiger partial charge in [0.15, 0.2) is 5.78 Å². The maximum absolute atomic E-state index is 13.0. The third-order valence-corrected chi connectivity index (χ3v) is 6.46. The number of dihydropyridines is 1. The number of Topliss-reactive ketones (excluding diaryl/α,β-unsaturated/α-hetero) is 1. The highest BCUT2D eigenvalue weighted by molar-refractivity contribution is 9.10. The lowest BCUT2D eigenvalue weighted by Gasteiger charge is -2.34. The van der Waals surface area contributed by atoms with Crippen LogP contribution in [-0.2, 0) is 14.3 Å². The van der Waals surface area contributed by atoms with Crippen molar-refractivity contribution in [1.29, 1.82) is 0 Å². The molecule has 4 nitrogen and oxygen atoms in total. The van der Waals surface area contributed by atoms with Crippen molar-refractivity contribution in [3.8, 4) is 0 Å². The number of thioether (sulfide) groups is 1. The summed E-state index contributed by atoms with van der Waals surface area (Å²) < 4.78 is 6.44. The first-order chi connectivity index (χ1) is 13.0. The van der Waals surface area contributed by atoms with Gasteiger partial charge in [0.2, 0.25) is 0 Å². The first-order valence-electron chi connectivity index (χ1n) is 9.27.